The van der Waals surface area contributed by atoms with Gasteiger partial charge in [-0.15, -0.1) is 11.3 Å². The molecule has 0 fully saturated rings. The van der Waals surface area contributed by atoms with E-state index in [1.807, 2.05) is 26.8 Å². The van der Waals surface area contributed by atoms with Crippen LogP contribution in [0.5, 0.6) is 0 Å². The van der Waals surface area contributed by atoms with Crippen LogP contribution in [-0.4, -0.2) is 13.4 Å². The van der Waals surface area contributed by atoms with Gasteiger partial charge in [-0.1, -0.05) is 6.07 Å². The van der Waals surface area contributed by atoms with Gasteiger partial charge < -0.3 is 5.32 Å². The lowest BCUT2D eigenvalue weighted by molar-refractivity contribution is 0.597. The molecule has 1 atom stereocenters. The minimum atomic E-state index is -3.71. The lowest BCUT2D eigenvalue weighted by Gasteiger charge is -2.17. The van der Waals surface area contributed by atoms with Crippen LogP contribution < -0.4 is 10.5 Å². The Kier molecular flexibility index (Phi) is 4.36. The molecule has 0 aliphatic heterocycles. The Morgan fingerprint density at radius 3 is 2.48 bits per heavy atom. The van der Waals surface area contributed by atoms with Gasteiger partial charge in [0.2, 0.25) is 10.0 Å². The van der Waals surface area contributed by atoms with Crippen molar-refractivity contribution in [2.75, 3.05) is 5.32 Å². The number of thiazole rings is 1. The molecule has 2 aromatic rings. The summed E-state index contributed by atoms with van der Waals surface area (Å²) < 4.78 is 23.1. The molecule has 21 heavy (non-hydrogen) atoms. The maximum atomic E-state index is 11.6. The summed E-state index contributed by atoms with van der Waals surface area (Å²) in [5, 5.41) is 9.60. The third kappa shape index (κ3) is 3.42. The molecule has 2 rings (SSSR count). The van der Waals surface area contributed by atoms with Crippen molar-refractivity contribution in [1.29, 1.82) is 0 Å². The van der Waals surface area contributed by atoms with Gasteiger partial charge >= 0.3 is 0 Å². The van der Waals surface area contributed by atoms with E-state index in [1.165, 1.54) is 6.07 Å². The Balaban J connectivity index is 2.34. The maximum Gasteiger partial charge on any atom is 0.238 e. The van der Waals surface area contributed by atoms with E-state index in [0.717, 1.165) is 21.3 Å². The van der Waals surface area contributed by atoms with Crippen LogP contribution in [0.1, 0.15) is 34.1 Å². The molecule has 0 aliphatic carbocycles. The maximum absolute atomic E-state index is 11.6. The first-order chi connectivity index (χ1) is 9.70. The van der Waals surface area contributed by atoms with E-state index in [0.29, 0.717) is 5.56 Å². The van der Waals surface area contributed by atoms with Gasteiger partial charge in [-0.05, 0) is 45.4 Å². The van der Waals surface area contributed by atoms with Gasteiger partial charge in [-0.25, -0.2) is 18.5 Å². The van der Waals surface area contributed by atoms with Crippen molar-refractivity contribution >= 4 is 27.0 Å². The summed E-state index contributed by atoms with van der Waals surface area (Å²) in [5.41, 5.74) is 2.39. The summed E-state index contributed by atoms with van der Waals surface area (Å²) in [7, 11) is -3.71. The normalized spacial score (nSPS) is 13.2. The number of aromatic nitrogens is 1. The highest BCUT2D eigenvalue weighted by atomic mass is 32.2. The Hall–Kier alpha value is -1.44. The molecule has 1 unspecified atom stereocenters. The number of hydrogen-bond donors (Lipinski definition) is 2. The molecule has 1 aromatic carbocycles. The highest BCUT2D eigenvalue weighted by molar-refractivity contribution is 7.89. The largest absolute Gasteiger partial charge is 0.377 e. The second kappa shape index (κ2) is 5.75. The van der Waals surface area contributed by atoms with E-state index < -0.39 is 10.0 Å². The van der Waals surface area contributed by atoms with Gasteiger partial charge in [0.25, 0.3) is 0 Å². The molecule has 3 N–H and O–H groups in total. The molecule has 1 aromatic heterocycles. The highest BCUT2D eigenvalue weighted by Crippen LogP contribution is 2.30. The van der Waals surface area contributed by atoms with Crippen LogP contribution in [0.15, 0.2) is 23.1 Å². The van der Waals surface area contributed by atoms with E-state index in [4.69, 9.17) is 5.14 Å². The molecule has 1 heterocycles. The highest BCUT2D eigenvalue weighted by Gasteiger charge is 2.17. The van der Waals surface area contributed by atoms with Crippen molar-refractivity contribution in [3.05, 3.63) is 39.3 Å². The summed E-state index contributed by atoms with van der Waals surface area (Å²) >= 11 is 1.64. The summed E-state index contributed by atoms with van der Waals surface area (Å²) in [4.78, 5) is 5.71. The van der Waals surface area contributed by atoms with E-state index in [2.05, 4.69) is 10.3 Å². The van der Waals surface area contributed by atoms with Crippen LogP contribution in [0.25, 0.3) is 0 Å². The van der Waals surface area contributed by atoms with Crippen molar-refractivity contribution < 1.29 is 8.42 Å². The molecule has 0 saturated carbocycles. The topological polar surface area (TPSA) is 85.1 Å². The summed E-state index contributed by atoms with van der Waals surface area (Å²) in [6.07, 6.45) is 0. The van der Waals surface area contributed by atoms with E-state index in [-0.39, 0.29) is 10.9 Å². The van der Waals surface area contributed by atoms with Crippen LogP contribution in [-0.2, 0) is 10.0 Å². The second-order valence-electron chi connectivity index (χ2n) is 5.02. The van der Waals surface area contributed by atoms with E-state index in [1.54, 1.807) is 24.3 Å². The van der Waals surface area contributed by atoms with Crippen LogP contribution in [0.2, 0.25) is 0 Å². The van der Waals surface area contributed by atoms with Crippen molar-refractivity contribution in [1.82, 2.24) is 4.98 Å². The fraction of sp³-hybridized carbons (Fsp3) is 0.357. The zero-order chi connectivity index (χ0) is 15.8. The first kappa shape index (κ1) is 15.9. The fourth-order valence-corrected chi connectivity index (χ4v) is 4.06. The number of hydrogen-bond acceptors (Lipinski definition) is 5. The number of nitrogens with two attached hydrogens (primary N) is 1. The minimum Gasteiger partial charge on any atom is -0.377 e. The van der Waals surface area contributed by atoms with Gasteiger partial charge in [0.15, 0.2) is 0 Å². The number of nitrogens with zero attached hydrogens (tertiary/aromatic N) is 1. The van der Waals surface area contributed by atoms with Gasteiger partial charge in [0.1, 0.15) is 0 Å². The number of nitrogens with one attached hydrogen (secondary N) is 1. The lowest BCUT2D eigenvalue weighted by Crippen LogP contribution is -2.15. The van der Waals surface area contributed by atoms with Gasteiger partial charge in [0.05, 0.1) is 21.6 Å². The summed E-state index contributed by atoms with van der Waals surface area (Å²) in [6.45, 7) is 7.73. The monoisotopic (exact) mass is 325 g/mol. The average molecular weight is 325 g/mol. The number of anilines is 1. The van der Waals surface area contributed by atoms with Crippen molar-refractivity contribution in [2.24, 2.45) is 5.14 Å². The summed E-state index contributed by atoms with van der Waals surface area (Å²) in [5.74, 6) is 0. The molecule has 5 nitrogen and oxygen atoms in total. The molecule has 0 amide bonds. The molecule has 0 radical (unpaired) electrons. The molecule has 114 valence electrons. The van der Waals surface area contributed by atoms with Crippen LogP contribution in [0, 0.1) is 20.8 Å². The number of primary sulfonamides is 1. The number of rotatable bonds is 4. The first-order valence-electron chi connectivity index (χ1n) is 6.53. The Labute approximate surface area is 129 Å². The summed E-state index contributed by atoms with van der Waals surface area (Å²) in [6, 6.07) is 5.10. The van der Waals surface area contributed by atoms with Gasteiger partial charge in [-0.2, -0.15) is 0 Å². The predicted octanol–water partition coefficient (Wildman–Crippen LogP) is 2.89. The number of benzene rings is 1. The Bertz CT molecular complexity index is 767. The van der Waals surface area contributed by atoms with E-state index >= 15 is 0 Å². The molecule has 7 heteroatoms. The molecule has 0 aliphatic rings. The standard InChI is InChI=1S/C14H19N3O2S2/c1-8-12(6-5-7-13(8)21(15,18)19)17-10(3)14-9(2)16-11(4)20-14/h5-7,10,17H,1-4H3,(H2,15,18,19). The zero-order valence-corrected chi connectivity index (χ0v) is 14.1. The van der Waals surface area contributed by atoms with Crippen LogP contribution in [0.3, 0.4) is 0 Å². The molecular formula is C14H19N3O2S2. The molecule has 0 saturated heterocycles. The minimum absolute atomic E-state index is 0.0469. The number of aryl methyl sites for hydroxylation is 2. The van der Waals surface area contributed by atoms with Gasteiger partial charge in [-0.3, -0.25) is 0 Å². The zero-order valence-electron chi connectivity index (χ0n) is 12.5. The lowest BCUT2D eigenvalue weighted by atomic mass is 10.1. The SMILES string of the molecule is Cc1nc(C)c(C(C)Nc2cccc(S(N)(=O)=O)c2C)s1. The van der Waals surface area contributed by atoms with Crippen molar-refractivity contribution in [2.45, 2.75) is 38.6 Å². The van der Waals surface area contributed by atoms with Crippen molar-refractivity contribution in [3.63, 3.8) is 0 Å². The smallest absolute Gasteiger partial charge is 0.238 e. The van der Waals surface area contributed by atoms with Crippen LogP contribution in [0.4, 0.5) is 5.69 Å². The van der Waals surface area contributed by atoms with Gasteiger partial charge in [0, 0.05) is 10.6 Å². The third-order valence-electron chi connectivity index (χ3n) is 3.30. The van der Waals surface area contributed by atoms with Crippen LogP contribution >= 0.6 is 11.3 Å². The third-order valence-corrected chi connectivity index (χ3v) is 5.61. The van der Waals surface area contributed by atoms with E-state index in [9.17, 15) is 8.42 Å². The first-order valence-corrected chi connectivity index (χ1v) is 8.89. The molecule has 0 spiro atoms. The molecule has 0 bridgehead atoms. The molecular weight excluding hydrogens is 306 g/mol. The quantitative estimate of drug-likeness (QED) is 0.905. The second-order valence-corrected chi connectivity index (χ2v) is 7.79. The Morgan fingerprint density at radius 1 is 1.29 bits per heavy atom. The number of sulfonamides is 1. The predicted molar refractivity (Wildman–Crippen MR) is 86.2 cm³/mol. The fourth-order valence-electron chi connectivity index (χ4n) is 2.33. The Morgan fingerprint density at radius 2 is 1.95 bits per heavy atom. The average Bonchev–Trinajstić information content (AvgIpc) is 2.69. The van der Waals surface area contributed by atoms with Crippen molar-refractivity contribution in [3.8, 4) is 0 Å².